The first-order chi connectivity index (χ1) is 10.3. The lowest BCUT2D eigenvalue weighted by atomic mass is 10.1. The molecule has 2 rings (SSSR count). The zero-order valence-corrected chi connectivity index (χ0v) is 14.1. The summed E-state index contributed by atoms with van der Waals surface area (Å²) in [6.45, 7) is 4.65. The quantitative estimate of drug-likeness (QED) is 0.818. The number of hydrogen-bond donors (Lipinski definition) is 2. The van der Waals surface area contributed by atoms with Crippen LogP contribution in [0, 0.1) is 0 Å². The molecule has 2 aromatic rings. The van der Waals surface area contributed by atoms with Gasteiger partial charge in [-0.15, -0.1) is 0 Å². The van der Waals surface area contributed by atoms with Crippen molar-refractivity contribution < 1.29 is 8.42 Å². The van der Waals surface area contributed by atoms with E-state index in [2.05, 4.69) is 21.2 Å². The van der Waals surface area contributed by atoms with Crippen LogP contribution in [0.25, 0.3) is 10.9 Å². The Bertz CT molecular complexity index is 776. The van der Waals surface area contributed by atoms with Crippen molar-refractivity contribution >= 4 is 20.9 Å². The molecule has 0 fully saturated rings. The van der Waals surface area contributed by atoms with Crippen LogP contribution in [0.5, 0.6) is 0 Å². The highest BCUT2D eigenvalue weighted by Gasteiger charge is 2.14. The van der Waals surface area contributed by atoms with Crippen molar-refractivity contribution in [2.45, 2.75) is 12.8 Å². The Hall–Kier alpha value is -1.63. The Morgan fingerprint density at radius 2 is 2.09 bits per heavy atom. The molecule has 6 heteroatoms. The molecular formula is C16H23N3O2S. The predicted molar refractivity (Wildman–Crippen MR) is 91.4 cm³/mol. The molecular weight excluding hydrogens is 298 g/mol. The number of H-pyrrole nitrogens is 1. The molecule has 0 saturated carbocycles. The third kappa shape index (κ3) is 3.76. The summed E-state index contributed by atoms with van der Waals surface area (Å²) >= 11 is 0. The zero-order chi connectivity index (χ0) is 16.3. The molecule has 0 unspecified atom stereocenters. The molecule has 2 N–H and O–H groups in total. The number of sulfonamides is 1. The van der Waals surface area contributed by atoms with Crippen molar-refractivity contribution in [2.75, 3.05) is 27.7 Å². The highest BCUT2D eigenvalue weighted by Crippen LogP contribution is 2.22. The van der Waals surface area contributed by atoms with E-state index >= 15 is 0 Å². The minimum Gasteiger partial charge on any atom is -0.361 e. The van der Waals surface area contributed by atoms with Crippen molar-refractivity contribution in [3.63, 3.8) is 0 Å². The number of rotatable bonds is 7. The van der Waals surface area contributed by atoms with Crippen LogP contribution < -0.4 is 4.72 Å². The van der Waals surface area contributed by atoms with E-state index in [9.17, 15) is 8.42 Å². The maximum absolute atomic E-state index is 11.7. The molecule has 0 atom stereocenters. The summed E-state index contributed by atoms with van der Waals surface area (Å²) in [5, 5.41) is 1.15. The molecule has 0 amide bonds. The molecule has 0 spiro atoms. The maximum Gasteiger partial charge on any atom is 0.236 e. The number of aromatic amines is 1. The molecule has 0 aliphatic carbocycles. The summed E-state index contributed by atoms with van der Waals surface area (Å²) in [6, 6.07) is 5.97. The van der Waals surface area contributed by atoms with Crippen LogP contribution in [0.1, 0.15) is 11.1 Å². The Balaban J connectivity index is 2.25. The smallest absolute Gasteiger partial charge is 0.236 e. The van der Waals surface area contributed by atoms with Crippen LogP contribution in [0.4, 0.5) is 0 Å². The highest BCUT2D eigenvalue weighted by molar-refractivity contribution is 7.93. The average molecular weight is 321 g/mol. The highest BCUT2D eigenvalue weighted by atomic mass is 32.2. The number of nitrogens with zero attached hydrogens (tertiary/aromatic N) is 1. The Morgan fingerprint density at radius 3 is 2.73 bits per heavy atom. The molecule has 0 saturated heterocycles. The molecule has 0 bridgehead atoms. The number of nitrogens with one attached hydrogen (secondary N) is 2. The lowest BCUT2D eigenvalue weighted by Crippen LogP contribution is -2.20. The Morgan fingerprint density at radius 1 is 1.36 bits per heavy atom. The molecule has 0 aliphatic rings. The van der Waals surface area contributed by atoms with Gasteiger partial charge >= 0.3 is 0 Å². The van der Waals surface area contributed by atoms with Gasteiger partial charge in [0.25, 0.3) is 0 Å². The van der Waals surface area contributed by atoms with Crippen LogP contribution >= 0.6 is 0 Å². The van der Waals surface area contributed by atoms with Gasteiger partial charge in [0.1, 0.15) is 0 Å². The number of likely N-dealkylation sites (N-methyl/N-ethyl adjacent to an activating group) is 1. The first-order valence-electron chi connectivity index (χ1n) is 7.18. The third-order valence-corrected chi connectivity index (χ3v) is 5.15. The van der Waals surface area contributed by atoms with E-state index in [1.54, 1.807) is 0 Å². The van der Waals surface area contributed by atoms with Crippen LogP contribution in [-0.4, -0.2) is 46.0 Å². The van der Waals surface area contributed by atoms with E-state index in [1.165, 1.54) is 12.6 Å². The first kappa shape index (κ1) is 16.7. The summed E-state index contributed by atoms with van der Waals surface area (Å²) in [5.74, 6) is 0. The van der Waals surface area contributed by atoms with Crippen LogP contribution in [0.2, 0.25) is 0 Å². The van der Waals surface area contributed by atoms with Crippen molar-refractivity contribution in [2.24, 2.45) is 0 Å². The number of aromatic nitrogens is 1. The summed E-state index contributed by atoms with van der Waals surface area (Å²) in [7, 11) is 2.07. The molecule has 0 aliphatic heterocycles. The van der Waals surface area contributed by atoms with Gasteiger partial charge in [0, 0.05) is 30.1 Å². The fourth-order valence-corrected chi connectivity index (χ4v) is 3.00. The number of allylic oxidation sites excluding steroid dienone is 1. The molecule has 5 nitrogen and oxygen atoms in total. The minimum absolute atomic E-state index is 0.180. The van der Waals surface area contributed by atoms with E-state index < -0.39 is 10.0 Å². The van der Waals surface area contributed by atoms with Crippen molar-refractivity contribution in [1.82, 2.24) is 14.6 Å². The standard InChI is InChI=1S/C16H23N3O2S/c1-12(22(20,21)17-2)9-13-5-6-16-15(10-13)14(11-18-16)7-8-19(3)4/h5-6,10-11,17-18H,1,7-9H2,2-4H3. The van der Waals surface area contributed by atoms with Crippen LogP contribution in [0.15, 0.2) is 35.9 Å². The Labute approximate surface area is 132 Å². The molecule has 1 heterocycles. The SMILES string of the molecule is C=C(Cc1ccc2[nH]cc(CCN(C)C)c2c1)S(=O)(=O)NC. The lowest BCUT2D eigenvalue weighted by Gasteiger charge is -2.09. The largest absolute Gasteiger partial charge is 0.361 e. The van der Waals surface area contributed by atoms with Crippen LogP contribution in [-0.2, 0) is 22.9 Å². The number of benzene rings is 1. The van der Waals surface area contributed by atoms with Crippen molar-refractivity contribution in [3.05, 3.63) is 47.0 Å². The van der Waals surface area contributed by atoms with Crippen molar-refractivity contribution in [1.29, 1.82) is 0 Å². The van der Waals surface area contributed by atoms with Gasteiger partial charge in [-0.25, -0.2) is 13.1 Å². The second-order valence-electron chi connectivity index (χ2n) is 5.67. The van der Waals surface area contributed by atoms with Gasteiger partial charge in [-0.2, -0.15) is 0 Å². The minimum atomic E-state index is -3.43. The Kier molecular flexibility index (Phi) is 5.05. The van der Waals surface area contributed by atoms with E-state index in [1.807, 2.05) is 38.5 Å². The second kappa shape index (κ2) is 6.64. The fourth-order valence-electron chi connectivity index (χ4n) is 2.35. The zero-order valence-electron chi connectivity index (χ0n) is 13.3. The summed E-state index contributed by atoms with van der Waals surface area (Å²) < 4.78 is 25.8. The normalized spacial score (nSPS) is 12.2. The van der Waals surface area contributed by atoms with E-state index in [0.717, 1.165) is 29.4 Å². The molecule has 120 valence electrons. The second-order valence-corrected chi connectivity index (χ2v) is 7.66. The predicted octanol–water partition coefficient (Wildman–Crippen LogP) is 1.88. The maximum atomic E-state index is 11.7. The van der Waals surface area contributed by atoms with Gasteiger partial charge in [0.15, 0.2) is 0 Å². The average Bonchev–Trinajstić information content (AvgIpc) is 2.87. The van der Waals surface area contributed by atoms with Gasteiger partial charge in [-0.3, -0.25) is 0 Å². The van der Waals surface area contributed by atoms with Crippen molar-refractivity contribution in [3.8, 4) is 0 Å². The van der Waals surface area contributed by atoms with Gasteiger partial charge in [-0.05, 0) is 50.8 Å². The lowest BCUT2D eigenvalue weighted by molar-refractivity contribution is 0.414. The summed E-state index contributed by atoms with van der Waals surface area (Å²) in [5.41, 5.74) is 3.26. The molecule has 1 aromatic carbocycles. The molecule has 22 heavy (non-hydrogen) atoms. The van der Waals surface area contributed by atoms with Gasteiger partial charge in [-0.1, -0.05) is 12.6 Å². The molecule has 1 aromatic heterocycles. The fraction of sp³-hybridized carbons (Fsp3) is 0.375. The van der Waals surface area contributed by atoms with Crippen LogP contribution in [0.3, 0.4) is 0 Å². The van der Waals surface area contributed by atoms with E-state index in [0.29, 0.717) is 6.42 Å². The summed E-state index contributed by atoms with van der Waals surface area (Å²) in [6.07, 6.45) is 3.29. The first-order valence-corrected chi connectivity index (χ1v) is 8.66. The number of fused-ring (bicyclic) bond motifs is 1. The number of hydrogen-bond acceptors (Lipinski definition) is 3. The third-order valence-electron chi connectivity index (χ3n) is 3.71. The monoisotopic (exact) mass is 321 g/mol. The topological polar surface area (TPSA) is 65.2 Å². The van der Waals surface area contributed by atoms with Gasteiger partial charge in [0.2, 0.25) is 10.0 Å². The summed E-state index contributed by atoms with van der Waals surface area (Å²) in [4.78, 5) is 5.59. The molecule has 0 radical (unpaired) electrons. The van der Waals surface area contributed by atoms with E-state index in [4.69, 9.17) is 0 Å². The van der Waals surface area contributed by atoms with Gasteiger partial charge < -0.3 is 9.88 Å². The van der Waals surface area contributed by atoms with Gasteiger partial charge in [0.05, 0.1) is 4.91 Å². The van der Waals surface area contributed by atoms with E-state index in [-0.39, 0.29) is 4.91 Å².